The minimum atomic E-state index is -0.625. The summed E-state index contributed by atoms with van der Waals surface area (Å²) in [4.78, 5) is 41.8. The van der Waals surface area contributed by atoms with E-state index in [1.807, 2.05) is 0 Å². The van der Waals surface area contributed by atoms with Gasteiger partial charge in [0.25, 0.3) is 5.91 Å². The average molecular weight is 378 g/mol. The Hall–Kier alpha value is -3.94. The highest BCUT2D eigenvalue weighted by Gasteiger charge is 2.11. The molecule has 0 aliphatic heterocycles. The monoisotopic (exact) mass is 378 g/mol. The van der Waals surface area contributed by atoms with Gasteiger partial charge in [-0.15, -0.1) is 0 Å². The second-order valence-corrected chi connectivity index (χ2v) is 5.93. The Kier molecular flexibility index (Phi) is 5.50. The lowest BCUT2D eigenvalue weighted by molar-refractivity contribution is -0.114. The fraction of sp³-hybridized carbons (Fsp3) is 0.100. The van der Waals surface area contributed by atoms with E-state index in [4.69, 9.17) is 4.74 Å². The first kappa shape index (κ1) is 18.8. The highest BCUT2D eigenvalue weighted by Crippen LogP contribution is 2.20. The van der Waals surface area contributed by atoms with E-state index in [-0.39, 0.29) is 11.6 Å². The molecule has 8 heteroatoms. The van der Waals surface area contributed by atoms with E-state index < -0.39 is 11.6 Å². The van der Waals surface area contributed by atoms with Crippen LogP contribution in [0, 0.1) is 0 Å². The number of hydrogen-bond acceptors (Lipinski definition) is 5. The Labute approximate surface area is 160 Å². The molecule has 0 bridgehead atoms. The molecule has 2 amide bonds. The van der Waals surface area contributed by atoms with Crippen LogP contribution in [-0.2, 0) is 4.79 Å². The number of carbonyl (C=O) groups is 2. The van der Waals surface area contributed by atoms with E-state index in [0.717, 1.165) is 0 Å². The zero-order chi connectivity index (χ0) is 20.1. The lowest BCUT2D eigenvalue weighted by Gasteiger charge is -2.08. The van der Waals surface area contributed by atoms with Crippen molar-refractivity contribution in [2.24, 2.45) is 0 Å². The van der Waals surface area contributed by atoms with Gasteiger partial charge in [-0.3, -0.25) is 9.59 Å². The van der Waals surface area contributed by atoms with Gasteiger partial charge in [-0.25, -0.2) is 4.79 Å². The first-order valence-corrected chi connectivity index (χ1v) is 8.39. The molecule has 0 fully saturated rings. The smallest absolute Gasteiger partial charge is 0.346 e. The lowest BCUT2D eigenvalue weighted by Crippen LogP contribution is -2.21. The summed E-state index contributed by atoms with van der Waals surface area (Å²) in [6.07, 6.45) is 0. The molecule has 142 valence electrons. The van der Waals surface area contributed by atoms with Crippen LogP contribution in [0.1, 0.15) is 17.4 Å². The van der Waals surface area contributed by atoms with Gasteiger partial charge in [0.05, 0.1) is 12.8 Å². The zero-order valence-corrected chi connectivity index (χ0v) is 15.3. The van der Waals surface area contributed by atoms with Crippen LogP contribution < -0.4 is 21.1 Å². The molecule has 0 aliphatic rings. The fourth-order valence-corrected chi connectivity index (χ4v) is 2.53. The molecular formula is C20H18N4O4. The quantitative estimate of drug-likeness (QED) is 0.632. The summed E-state index contributed by atoms with van der Waals surface area (Å²) in [7, 11) is 1.56. The Morgan fingerprint density at radius 1 is 0.964 bits per heavy atom. The van der Waals surface area contributed by atoms with E-state index in [0.29, 0.717) is 28.4 Å². The molecule has 1 aromatic heterocycles. The SMILES string of the molecule is COc1ccc(-c2cc(C(=O)Nc3ccc(NC(C)=O)cc3)[nH]c(=O)n2)cc1. The van der Waals surface area contributed by atoms with Gasteiger partial charge >= 0.3 is 5.69 Å². The van der Waals surface area contributed by atoms with E-state index in [1.54, 1.807) is 55.6 Å². The number of nitrogens with zero attached hydrogens (tertiary/aromatic N) is 1. The molecule has 0 spiro atoms. The number of amides is 2. The maximum Gasteiger partial charge on any atom is 0.346 e. The van der Waals surface area contributed by atoms with Gasteiger partial charge in [0, 0.05) is 23.9 Å². The van der Waals surface area contributed by atoms with Crippen molar-refractivity contribution in [3.8, 4) is 17.0 Å². The third-order valence-electron chi connectivity index (χ3n) is 3.84. The number of nitrogens with one attached hydrogen (secondary N) is 3. The van der Waals surface area contributed by atoms with Crippen LogP contribution in [0.4, 0.5) is 11.4 Å². The molecule has 3 aromatic rings. The molecular weight excluding hydrogens is 360 g/mol. The molecule has 0 atom stereocenters. The molecule has 1 heterocycles. The summed E-state index contributed by atoms with van der Waals surface area (Å²) in [5.41, 5.74) is 1.64. The van der Waals surface area contributed by atoms with E-state index >= 15 is 0 Å². The van der Waals surface area contributed by atoms with Crippen molar-refractivity contribution in [3.63, 3.8) is 0 Å². The third kappa shape index (κ3) is 4.61. The summed E-state index contributed by atoms with van der Waals surface area (Å²) in [6.45, 7) is 1.41. The summed E-state index contributed by atoms with van der Waals surface area (Å²) < 4.78 is 5.11. The van der Waals surface area contributed by atoms with Gasteiger partial charge in [-0.2, -0.15) is 4.98 Å². The first-order valence-electron chi connectivity index (χ1n) is 8.39. The number of benzene rings is 2. The van der Waals surface area contributed by atoms with Crippen molar-refractivity contribution in [3.05, 3.63) is 70.8 Å². The second-order valence-electron chi connectivity index (χ2n) is 5.93. The van der Waals surface area contributed by atoms with E-state index in [1.165, 1.54) is 13.0 Å². The van der Waals surface area contributed by atoms with Crippen LogP contribution >= 0.6 is 0 Å². The highest BCUT2D eigenvalue weighted by atomic mass is 16.5. The first-order chi connectivity index (χ1) is 13.4. The minimum absolute atomic E-state index is 0.0803. The predicted molar refractivity (Wildman–Crippen MR) is 106 cm³/mol. The van der Waals surface area contributed by atoms with Crippen LogP contribution in [0.3, 0.4) is 0 Å². The molecule has 0 unspecified atom stereocenters. The maximum atomic E-state index is 12.5. The number of rotatable bonds is 5. The van der Waals surface area contributed by atoms with Crippen LogP contribution in [0.2, 0.25) is 0 Å². The fourth-order valence-electron chi connectivity index (χ4n) is 2.53. The topological polar surface area (TPSA) is 113 Å². The Morgan fingerprint density at radius 2 is 1.57 bits per heavy atom. The van der Waals surface area contributed by atoms with Crippen molar-refractivity contribution in [2.75, 3.05) is 17.7 Å². The van der Waals surface area contributed by atoms with Gasteiger partial charge in [0.1, 0.15) is 11.4 Å². The molecule has 8 nitrogen and oxygen atoms in total. The molecule has 3 N–H and O–H groups in total. The van der Waals surface area contributed by atoms with Crippen LogP contribution in [0.15, 0.2) is 59.4 Å². The van der Waals surface area contributed by atoms with E-state index in [2.05, 4.69) is 20.6 Å². The highest BCUT2D eigenvalue weighted by molar-refractivity contribution is 6.03. The summed E-state index contributed by atoms with van der Waals surface area (Å²) in [6, 6.07) is 15.1. The molecule has 0 radical (unpaired) electrons. The van der Waals surface area contributed by atoms with Gasteiger partial charge in [0.15, 0.2) is 0 Å². The molecule has 0 saturated carbocycles. The summed E-state index contributed by atoms with van der Waals surface area (Å²) in [5, 5.41) is 5.34. The third-order valence-corrected chi connectivity index (χ3v) is 3.84. The van der Waals surface area contributed by atoms with Crippen LogP contribution in [0.25, 0.3) is 11.3 Å². The van der Waals surface area contributed by atoms with Gasteiger partial charge in [0.2, 0.25) is 5.91 Å². The van der Waals surface area contributed by atoms with Crippen molar-refractivity contribution < 1.29 is 14.3 Å². The number of hydrogen-bond donors (Lipinski definition) is 3. The molecule has 3 rings (SSSR count). The van der Waals surface area contributed by atoms with Crippen molar-refractivity contribution in [2.45, 2.75) is 6.92 Å². The minimum Gasteiger partial charge on any atom is -0.497 e. The molecule has 0 aliphatic carbocycles. The Bertz CT molecular complexity index is 1060. The number of aromatic amines is 1. The lowest BCUT2D eigenvalue weighted by atomic mass is 10.1. The van der Waals surface area contributed by atoms with Gasteiger partial charge < -0.3 is 20.4 Å². The number of ether oxygens (including phenoxy) is 1. The largest absolute Gasteiger partial charge is 0.497 e. The van der Waals surface area contributed by atoms with Crippen LogP contribution in [0.5, 0.6) is 5.75 Å². The number of carbonyl (C=O) groups excluding carboxylic acids is 2. The Balaban J connectivity index is 1.80. The van der Waals surface area contributed by atoms with E-state index in [9.17, 15) is 14.4 Å². The van der Waals surface area contributed by atoms with Crippen molar-refractivity contribution >= 4 is 23.2 Å². The van der Waals surface area contributed by atoms with Gasteiger partial charge in [-0.1, -0.05) is 0 Å². The standard InChI is InChI=1S/C20H18N4O4/c1-12(25)21-14-5-7-15(8-6-14)22-19(26)18-11-17(23-20(27)24-18)13-3-9-16(28-2)10-4-13/h3-11H,1-2H3,(H,21,25)(H,22,26)(H,23,24,27). The number of H-pyrrole nitrogens is 1. The molecule has 2 aromatic carbocycles. The predicted octanol–water partition coefficient (Wildman–Crippen LogP) is 2.66. The average Bonchev–Trinajstić information content (AvgIpc) is 2.68. The normalized spacial score (nSPS) is 10.2. The maximum absolute atomic E-state index is 12.5. The van der Waals surface area contributed by atoms with Crippen molar-refractivity contribution in [1.82, 2.24) is 9.97 Å². The molecule has 0 saturated heterocycles. The summed E-state index contributed by atoms with van der Waals surface area (Å²) >= 11 is 0. The van der Waals surface area contributed by atoms with Crippen molar-refractivity contribution in [1.29, 1.82) is 0 Å². The number of anilines is 2. The van der Waals surface area contributed by atoms with Gasteiger partial charge in [-0.05, 0) is 54.6 Å². The number of aromatic nitrogens is 2. The number of methoxy groups -OCH3 is 1. The zero-order valence-electron chi connectivity index (χ0n) is 15.3. The van der Waals surface area contributed by atoms with Crippen LogP contribution in [-0.4, -0.2) is 28.9 Å². The summed E-state index contributed by atoms with van der Waals surface area (Å²) in [5.74, 6) is 0.00742. The Morgan fingerprint density at radius 3 is 2.14 bits per heavy atom. The molecule has 28 heavy (non-hydrogen) atoms. The second kappa shape index (κ2) is 8.17.